The van der Waals surface area contributed by atoms with Gasteiger partial charge in [-0.2, -0.15) is 0 Å². The number of para-hydroxylation sites is 2. The lowest BCUT2D eigenvalue weighted by atomic mass is 10.2. The van der Waals surface area contributed by atoms with E-state index in [9.17, 15) is 4.79 Å². The number of fused-ring (bicyclic) bond motifs is 1. The quantitative estimate of drug-likeness (QED) is 0.865. The van der Waals surface area contributed by atoms with Crippen LogP contribution < -0.4 is 10.9 Å². The van der Waals surface area contributed by atoms with Gasteiger partial charge in [0, 0.05) is 12.6 Å². The van der Waals surface area contributed by atoms with Crippen LogP contribution in [0.1, 0.15) is 26.7 Å². The van der Waals surface area contributed by atoms with Crippen LogP contribution in [0.15, 0.2) is 35.3 Å². The van der Waals surface area contributed by atoms with E-state index in [1.165, 1.54) is 6.20 Å². The standard InChI is InChI=1S/C15H21N3O/c1-3-9-16-12(4-2)11-18-14-8-6-5-7-13(14)17-10-15(18)19/h5-8,10,12,16H,3-4,9,11H2,1-2H3. The number of hydrogen-bond acceptors (Lipinski definition) is 3. The normalized spacial score (nSPS) is 12.7. The van der Waals surface area contributed by atoms with Crippen molar-refractivity contribution < 1.29 is 0 Å². The van der Waals surface area contributed by atoms with E-state index in [0.29, 0.717) is 12.6 Å². The Hall–Kier alpha value is -1.68. The molecule has 2 rings (SSSR count). The number of nitrogens with zero attached hydrogens (tertiary/aromatic N) is 2. The minimum atomic E-state index is -0.0320. The zero-order valence-corrected chi connectivity index (χ0v) is 11.6. The highest BCUT2D eigenvalue weighted by Gasteiger charge is 2.10. The molecule has 0 aliphatic rings. The Morgan fingerprint density at radius 2 is 2.11 bits per heavy atom. The molecule has 4 nitrogen and oxygen atoms in total. The van der Waals surface area contributed by atoms with Gasteiger partial charge in [0.1, 0.15) is 0 Å². The Kier molecular flexibility index (Phi) is 4.68. The molecule has 1 heterocycles. The van der Waals surface area contributed by atoms with Crippen LogP contribution in [0.25, 0.3) is 11.0 Å². The van der Waals surface area contributed by atoms with Crippen molar-refractivity contribution in [2.24, 2.45) is 0 Å². The molecule has 4 heteroatoms. The van der Waals surface area contributed by atoms with Crippen LogP contribution in [-0.2, 0) is 6.54 Å². The minimum absolute atomic E-state index is 0.0320. The van der Waals surface area contributed by atoms with Crippen LogP contribution in [0.5, 0.6) is 0 Å². The third-order valence-corrected chi connectivity index (χ3v) is 3.33. The smallest absolute Gasteiger partial charge is 0.269 e. The molecule has 0 radical (unpaired) electrons. The molecule has 0 aliphatic carbocycles. The van der Waals surface area contributed by atoms with E-state index in [4.69, 9.17) is 0 Å². The van der Waals surface area contributed by atoms with E-state index in [1.54, 1.807) is 0 Å². The molecule has 0 saturated carbocycles. The monoisotopic (exact) mass is 259 g/mol. The van der Waals surface area contributed by atoms with E-state index in [2.05, 4.69) is 24.1 Å². The van der Waals surface area contributed by atoms with Gasteiger partial charge in [-0.15, -0.1) is 0 Å². The van der Waals surface area contributed by atoms with Crippen molar-refractivity contribution in [3.8, 4) is 0 Å². The number of aromatic nitrogens is 2. The molecule has 1 atom stereocenters. The lowest BCUT2D eigenvalue weighted by Crippen LogP contribution is -2.36. The van der Waals surface area contributed by atoms with Gasteiger partial charge in [0.05, 0.1) is 17.2 Å². The zero-order valence-electron chi connectivity index (χ0n) is 11.6. The van der Waals surface area contributed by atoms with Gasteiger partial charge in [-0.3, -0.25) is 4.79 Å². The highest BCUT2D eigenvalue weighted by atomic mass is 16.1. The summed E-state index contributed by atoms with van der Waals surface area (Å²) in [5, 5.41) is 3.48. The first-order valence-electron chi connectivity index (χ1n) is 6.94. The van der Waals surface area contributed by atoms with Crippen LogP contribution in [0, 0.1) is 0 Å². The van der Waals surface area contributed by atoms with Crippen molar-refractivity contribution >= 4 is 11.0 Å². The first-order valence-corrected chi connectivity index (χ1v) is 6.94. The summed E-state index contributed by atoms with van der Waals surface area (Å²) in [6.07, 6.45) is 3.51. The predicted molar refractivity (Wildman–Crippen MR) is 78.4 cm³/mol. The lowest BCUT2D eigenvalue weighted by molar-refractivity contribution is 0.437. The fourth-order valence-electron chi connectivity index (χ4n) is 2.21. The van der Waals surface area contributed by atoms with Crippen molar-refractivity contribution in [3.05, 3.63) is 40.8 Å². The van der Waals surface area contributed by atoms with Gasteiger partial charge >= 0.3 is 0 Å². The summed E-state index contributed by atoms with van der Waals surface area (Å²) in [5.74, 6) is 0. The van der Waals surface area contributed by atoms with E-state index < -0.39 is 0 Å². The number of benzene rings is 1. The molecule has 0 amide bonds. The number of rotatable bonds is 6. The highest BCUT2D eigenvalue weighted by molar-refractivity contribution is 5.74. The lowest BCUT2D eigenvalue weighted by Gasteiger charge is -2.19. The predicted octanol–water partition coefficient (Wildman–Crippen LogP) is 2.17. The topological polar surface area (TPSA) is 46.9 Å². The Labute approximate surface area is 113 Å². The van der Waals surface area contributed by atoms with Crippen molar-refractivity contribution in [1.29, 1.82) is 0 Å². The highest BCUT2D eigenvalue weighted by Crippen LogP contribution is 2.09. The average molecular weight is 259 g/mol. The Morgan fingerprint density at radius 1 is 1.32 bits per heavy atom. The first kappa shape index (κ1) is 13.7. The Morgan fingerprint density at radius 3 is 2.84 bits per heavy atom. The summed E-state index contributed by atoms with van der Waals surface area (Å²) < 4.78 is 1.82. The van der Waals surface area contributed by atoms with Gasteiger partial charge in [0.25, 0.3) is 5.56 Å². The van der Waals surface area contributed by atoms with Crippen LogP contribution in [-0.4, -0.2) is 22.1 Å². The summed E-state index contributed by atoms with van der Waals surface area (Å²) in [6.45, 7) is 5.96. The third-order valence-electron chi connectivity index (χ3n) is 3.33. The summed E-state index contributed by atoms with van der Waals surface area (Å²) in [4.78, 5) is 16.2. The van der Waals surface area contributed by atoms with Gasteiger partial charge in [0.2, 0.25) is 0 Å². The van der Waals surface area contributed by atoms with Crippen molar-refractivity contribution in [2.45, 2.75) is 39.3 Å². The second-order valence-corrected chi connectivity index (χ2v) is 4.76. The van der Waals surface area contributed by atoms with Gasteiger partial charge in [-0.05, 0) is 31.5 Å². The van der Waals surface area contributed by atoms with Gasteiger partial charge in [0.15, 0.2) is 0 Å². The van der Waals surface area contributed by atoms with Gasteiger partial charge in [-0.1, -0.05) is 26.0 Å². The van der Waals surface area contributed by atoms with E-state index in [0.717, 1.165) is 30.4 Å². The minimum Gasteiger partial charge on any atom is -0.312 e. The maximum atomic E-state index is 12.0. The number of nitrogens with one attached hydrogen (secondary N) is 1. The molecule has 1 unspecified atom stereocenters. The van der Waals surface area contributed by atoms with Crippen LogP contribution in [0.3, 0.4) is 0 Å². The molecule has 1 aromatic carbocycles. The maximum Gasteiger partial charge on any atom is 0.269 e. The Balaban J connectivity index is 2.33. The SMILES string of the molecule is CCCNC(CC)Cn1c(=O)cnc2ccccc21. The average Bonchev–Trinajstić information content (AvgIpc) is 2.45. The maximum absolute atomic E-state index is 12.0. The Bertz CT molecular complexity index is 591. The van der Waals surface area contributed by atoms with E-state index in [-0.39, 0.29) is 5.56 Å². The zero-order chi connectivity index (χ0) is 13.7. The van der Waals surface area contributed by atoms with Crippen LogP contribution in [0.4, 0.5) is 0 Å². The summed E-state index contributed by atoms with van der Waals surface area (Å²) in [7, 11) is 0. The molecule has 1 aromatic heterocycles. The first-order chi connectivity index (χ1) is 9.26. The summed E-state index contributed by atoms with van der Waals surface area (Å²) >= 11 is 0. The van der Waals surface area contributed by atoms with Crippen LogP contribution >= 0.6 is 0 Å². The van der Waals surface area contributed by atoms with E-state index >= 15 is 0 Å². The second-order valence-electron chi connectivity index (χ2n) is 4.76. The molecular formula is C15H21N3O. The summed E-state index contributed by atoms with van der Waals surface area (Å²) in [5.41, 5.74) is 1.75. The van der Waals surface area contributed by atoms with Crippen molar-refractivity contribution in [3.63, 3.8) is 0 Å². The van der Waals surface area contributed by atoms with Gasteiger partial charge < -0.3 is 9.88 Å². The third kappa shape index (κ3) is 3.20. The molecule has 102 valence electrons. The largest absolute Gasteiger partial charge is 0.312 e. The fourth-order valence-corrected chi connectivity index (χ4v) is 2.21. The molecule has 0 spiro atoms. The fraction of sp³-hybridized carbons (Fsp3) is 0.467. The molecule has 19 heavy (non-hydrogen) atoms. The van der Waals surface area contributed by atoms with Gasteiger partial charge in [-0.25, -0.2) is 4.98 Å². The molecule has 0 aliphatic heterocycles. The van der Waals surface area contributed by atoms with Crippen molar-refractivity contribution in [2.75, 3.05) is 6.54 Å². The second kappa shape index (κ2) is 6.48. The number of hydrogen-bond donors (Lipinski definition) is 1. The molecular weight excluding hydrogens is 238 g/mol. The van der Waals surface area contributed by atoms with Crippen molar-refractivity contribution in [1.82, 2.24) is 14.9 Å². The van der Waals surface area contributed by atoms with E-state index in [1.807, 2.05) is 28.8 Å². The summed E-state index contributed by atoms with van der Waals surface area (Å²) in [6, 6.07) is 8.10. The molecule has 0 fully saturated rings. The molecule has 2 aromatic rings. The van der Waals surface area contributed by atoms with Crippen LogP contribution in [0.2, 0.25) is 0 Å². The molecule has 0 bridgehead atoms. The molecule has 1 N–H and O–H groups in total. The molecule has 0 saturated heterocycles.